The Kier molecular flexibility index (Phi) is 6.66. The number of hydrogen-bond donors (Lipinski definition) is 2. The Bertz CT molecular complexity index is 404. The monoisotopic (exact) mass is 298 g/mol. The van der Waals surface area contributed by atoms with Crippen molar-refractivity contribution in [3.8, 4) is 0 Å². The van der Waals surface area contributed by atoms with E-state index < -0.39 is 8.80 Å². The van der Waals surface area contributed by atoms with Gasteiger partial charge in [0.2, 0.25) is 0 Å². The minimum Gasteiger partial charge on any atom is -0.376 e. The van der Waals surface area contributed by atoms with Crippen LogP contribution >= 0.6 is 0 Å². The number of nitrogens with one attached hydrogen (secondary N) is 2. The first-order chi connectivity index (χ1) is 9.61. The van der Waals surface area contributed by atoms with E-state index in [-0.39, 0.29) is 11.7 Å². The first-order valence-corrected chi connectivity index (χ1v) is 8.20. The van der Waals surface area contributed by atoms with Gasteiger partial charge < -0.3 is 23.9 Å². The Morgan fingerprint density at radius 2 is 1.70 bits per heavy atom. The number of amides is 2. The number of carbonyl (C=O) groups excluding carboxylic acids is 1. The Labute approximate surface area is 120 Å². The first-order valence-electron chi connectivity index (χ1n) is 6.39. The molecule has 0 aliphatic heterocycles. The van der Waals surface area contributed by atoms with Gasteiger partial charge in [-0.1, -0.05) is 25.1 Å². The van der Waals surface area contributed by atoms with E-state index in [4.69, 9.17) is 13.3 Å². The summed E-state index contributed by atoms with van der Waals surface area (Å²) in [6.45, 7) is 1.94. The van der Waals surface area contributed by atoms with Crippen LogP contribution in [0.15, 0.2) is 30.3 Å². The largest absolute Gasteiger partial charge is 0.523 e. The summed E-state index contributed by atoms with van der Waals surface area (Å²) in [5.74, 6) is 0. The van der Waals surface area contributed by atoms with Crippen molar-refractivity contribution in [2.45, 2.75) is 19.0 Å². The lowest BCUT2D eigenvalue weighted by molar-refractivity contribution is 0.107. The van der Waals surface area contributed by atoms with E-state index >= 15 is 0 Å². The van der Waals surface area contributed by atoms with Crippen LogP contribution in [0.1, 0.15) is 13.3 Å². The van der Waals surface area contributed by atoms with Crippen LogP contribution in [0.25, 0.3) is 0 Å². The van der Waals surface area contributed by atoms with Crippen molar-refractivity contribution in [3.63, 3.8) is 0 Å². The fraction of sp³-hybridized carbons (Fsp3) is 0.462. The lowest BCUT2D eigenvalue weighted by atomic mass is 10.3. The molecule has 1 rings (SSSR count). The third-order valence-electron chi connectivity index (χ3n) is 3.03. The Morgan fingerprint density at radius 3 is 2.15 bits per heavy atom. The van der Waals surface area contributed by atoms with Gasteiger partial charge in [0.1, 0.15) is 5.67 Å². The summed E-state index contributed by atoms with van der Waals surface area (Å²) in [4.78, 5) is 12.0. The van der Waals surface area contributed by atoms with Crippen molar-refractivity contribution < 1.29 is 18.1 Å². The highest BCUT2D eigenvalue weighted by Crippen LogP contribution is 2.15. The fourth-order valence-electron chi connectivity index (χ4n) is 1.96. The van der Waals surface area contributed by atoms with Gasteiger partial charge in [-0.05, 0) is 18.6 Å². The predicted octanol–water partition coefficient (Wildman–Crippen LogP) is 2.00. The summed E-state index contributed by atoms with van der Waals surface area (Å²) in [7, 11) is 1.68. The average molecular weight is 298 g/mol. The molecule has 0 spiro atoms. The molecule has 0 saturated carbocycles. The van der Waals surface area contributed by atoms with Crippen LogP contribution in [-0.2, 0) is 13.3 Å². The summed E-state index contributed by atoms with van der Waals surface area (Å²) >= 11 is 0. The van der Waals surface area contributed by atoms with Crippen molar-refractivity contribution >= 4 is 20.5 Å². The standard InChI is InChI=1S/C13H22N2O4Si/c1-5-12(20(17-2,18-3)19-4)15-13(16)14-11-9-7-6-8-10-11/h6-10,12H,5H2,1-4H3,(H2,14,15,16). The molecule has 112 valence electrons. The van der Waals surface area contributed by atoms with Gasteiger partial charge in [-0.2, -0.15) is 0 Å². The topological polar surface area (TPSA) is 68.8 Å². The van der Waals surface area contributed by atoms with Crippen LogP contribution < -0.4 is 10.6 Å². The summed E-state index contributed by atoms with van der Waals surface area (Å²) in [6.07, 6.45) is 0.643. The zero-order valence-electron chi connectivity index (χ0n) is 12.3. The molecule has 7 heteroatoms. The van der Waals surface area contributed by atoms with Crippen molar-refractivity contribution in [3.05, 3.63) is 30.3 Å². The van der Waals surface area contributed by atoms with Crippen LogP contribution in [0.4, 0.5) is 10.5 Å². The van der Waals surface area contributed by atoms with Gasteiger partial charge >= 0.3 is 14.8 Å². The highest BCUT2D eigenvalue weighted by atomic mass is 28.4. The third-order valence-corrected chi connectivity index (χ3v) is 6.14. The van der Waals surface area contributed by atoms with Gasteiger partial charge in [-0.25, -0.2) is 4.79 Å². The fourth-order valence-corrected chi connectivity index (χ4v) is 4.13. The van der Waals surface area contributed by atoms with Crippen LogP contribution in [0.5, 0.6) is 0 Å². The number of para-hydroxylation sites is 1. The first kappa shape index (κ1) is 16.6. The Hall–Kier alpha value is -1.41. The molecule has 0 fully saturated rings. The second-order valence-corrected chi connectivity index (χ2v) is 7.27. The maximum atomic E-state index is 12.0. The van der Waals surface area contributed by atoms with E-state index in [1.165, 1.54) is 21.3 Å². The molecule has 1 aromatic carbocycles. The third kappa shape index (κ3) is 4.04. The van der Waals surface area contributed by atoms with E-state index in [1.54, 1.807) is 0 Å². The van der Waals surface area contributed by atoms with E-state index in [1.807, 2.05) is 37.3 Å². The van der Waals surface area contributed by atoms with E-state index in [9.17, 15) is 4.79 Å². The number of anilines is 1. The van der Waals surface area contributed by atoms with Gasteiger partial charge in [0.05, 0.1) is 0 Å². The van der Waals surface area contributed by atoms with Gasteiger partial charge in [0.25, 0.3) is 0 Å². The zero-order valence-corrected chi connectivity index (χ0v) is 13.3. The maximum absolute atomic E-state index is 12.0. The summed E-state index contributed by atoms with van der Waals surface area (Å²) < 4.78 is 16.2. The number of hydrogen-bond acceptors (Lipinski definition) is 4. The van der Waals surface area contributed by atoms with Crippen molar-refractivity contribution in [1.82, 2.24) is 5.32 Å². The van der Waals surface area contributed by atoms with E-state index in [2.05, 4.69) is 10.6 Å². The molecule has 2 amide bonds. The lowest BCUT2D eigenvalue weighted by Crippen LogP contribution is -2.61. The predicted molar refractivity (Wildman–Crippen MR) is 79.5 cm³/mol. The molecule has 0 aliphatic rings. The smallest absolute Gasteiger partial charge is 0.376 e. The summed E-state index contributed by atoms with van der Waals surface area (Å²) in [6, 6.07) is 8.90. The number of rotatable bonds is 7. The second-order valence-electron chi connectivity index (χ2n) is 4.14. The zero-order chi connectivity index (χ0) is 15.0. The SMILES string of the molecule is CCC(NC(=O)Nc1ccccc1)[Si](OC)(OC)OC. The minimum absolute atomic E-state index is 0.314. The molecular formula is C13H22N2O4Si. The molecule has 0 bridgehead atoms. The second kappa shape index (κ2) is 8.00. The molecule has 0 aliphatic carbocycles. The molecule has 1 atom stereocenters. The van der Waals surface area contributed by atoms with Crippen LogP contribution in [0, 0.1) is 0 Å². The molecule has 1 aromatic rings. The van der Waals surface area contributed by atoms with Crippen molar-refractivity contribution in [1.29, 1.82) is 0 Å². The molecule has 2 N–H and O–H groups in total. The van der Waals surface area contributed by atoms with Crippen LogP contribution in [0.3, 0.4) is 0 Å². The van der Waals surface area contributed by atoms with Gasteiger partial charge in [0, 0.05) is 27.0 Å². The quantitative estimate of drug-likeness (QED) is 0.756. The van der Waals surface area contributed by atoms with Gasteiger partial charge in [-0.3, -0.25) is 0 Å². The van der Waals surface area contributed by atoms with Crippen molar-refractivity contribution in [2.75, 3.05) is 26.6 Å². The number of urea groups is 1. The molecule has 0 aromatic heterocycles. The van der Waals surface area contributed by atoms with Gasteiger partial charge in [-0.15, -0.1) is 0 Å². The summed E-state index contributed by atoms with van der Waals surface area (Å²) in [5.41, 5.74) is 0.408. The molecule has 1 unspecified atom stereocenters. The Balaban J connectivity index is 2.70. The molecule has 0 radical (unpaired) electrons. The maximum Gasteiger partial charge on any atom is 0.523 e. The van der Waals surface area contributed by atoms with Gasteiger partial charge in [0.15, 0.2) is 0 Å². The van der Waals surface area contributed by atoms with E-state index in [0.717, 1.165) is 5.69 Å². The molecule has 0 heterocycles. The molecule has 6 nitrogen and oxygen atoms in total. The lowest BCUT2D eigenvalue weighted by Gasteiger charge is -2.32. The highest BCUT2D eigenvalue weighted by Gasteiger charge is 2.47. The van der Waals surface area contributed by atoms with Crippen molar-refractivity contribution in [2.24, 2.45) is 0 Å². The summed E-state index contributed by atoms with van der Waals surface area (Å²) in [5, 5.41) is 5.60. The number of carbonyl (C=O) groups is 1. The molecule has 20 heavy (non-hydrogen) atoms. The Morgan fingerprint density at radius 1 is 1.15 bits per heavy atom. The minimum atomic E-state index is -2.90. The number of benzene rings is 1. The molecular weight excluding hydrogens is 276 g/mol. The van der Waals surface area contributed by atoms with Crippen LogP contribution in [-0.4, -0.2) is 41.8 Å². The normalized spacial score (nSPS) is 12.8. The average Bonchev–Trinajstić information content (AvgIpc) is 2.49. The van der Waals surface area contributed by atoms with Crippen LogP contribution in [0.2, 0.25) is 0 Å². The highest BCUT2D eigenvalue weighted by molar-refractivity contribution is 6.62. The van der Waals surface area contributed by atoms with E-state index in [0.29, 0.717) is 6.42 Å². The molecule has 0 saturated heterocycles.